The Morgan fingerprint density at radius 3 is 0.809 bits per heavy atom. The van der Waals surface area contributed by atoms with E-state index >= 15 is 0 Å². The quantitative estimate of drug-likeness (QED) is 0.154. The third-order valence-electron chi connectivity index (χ3n) is 14.1. The minimum absolute atomic E-state index is 1.11. The monoisotopic (exact) mass is 870 g/mol. The van der Waals surface area contributed by atoms with Gasteiger partial charge in [0.15, 0.2) is 0 Å². The van der Waals surface area contributed by atoms with Gasteiger partial charge in [0.2, 0.25) is 0 Å². The molecule has 4 heteroatoms. The predicted octanol–water partition coefficient (Wildman–Crippen LogP) is 17.8. The van der Waals surface area contributed by atoms with Crippen LogP contribution in [0.25, 0.3) is 66.1 Å². The van der Waals surface area contributed by atoms with E-state index in [1.54, 1.807) is 0 Å². The van der Waals surface area contributed by atoms with E-state index in [-0.39, 0.29) is 0 Å². The molecule has 11 aromatic rings. The van der Waals surface area contributed by atoms with Gasteiger partial charge in [0, 0.05) is 25.5 Å². The molecule has 322 valence electrons. The zero-order valence-corrected chi connectivity index (χ0v) is 37.9. The van der Waals surface area contributed by atoms with Crippen LogP contribution in [0.5, 0.6) is 0 Å². The first-order valence-corrected chi connectivity index (χ1v) is 23.4. The Hall–Kier alpha value is -8.86. The van der Waals surface area contributed by atoms with Crippen LogP contribution in [0.15, 0.2) is 243 Å². The fraction of sp³-hybridized carbons (Fsp3) is 0.0312. The predicted molar refractivity (Wildman–Crippen MR) is 289 cm³/mol. The summed E-state index contributed by atoms with van der Waals surface area (Å²) in [5.41, 5.74) is 21.0. The molecule has 0 N–H and O–H groups in total. The second-order valence-corrected chi connectivity index (χ2v) is 17.8. The molecule has 68 heavy (non-hydrogen) atoms. The Bertz CT molecular complexity index is 3370. The largest absolute Gasteiger partial charge is 0.341 e. The summed E-state index contributed by atoms with van der Waals surface area (Å²) in [6.07, 6.45) is 0. The zero-order chi connectivity index (χ0) is 45.3. The molecule has 0 aliphatic carbocycles. The molecule has 11 aromatic carbocycles. The molecule has 0 saturated carbocycles. The highest BCUT2D eigenvalue weighted by Crippen LogP contribution is 2.55. The lowest BCUT2D eigenvalue weighted by molar-refractivity contribution is 1.13. The van der Waals surface area contributed by atoms with E-state index in [0.717, 1.165) is 34.1 Å². The van der Waals surface area contributed by atoms with Gasteiger partial charge < -0.3 is 19.6 Å². The average Bonchev–Trinajstić information content (AvgIpc) is 3.41. The van der Waals surface area contributed by atoms with Crippen molar-refractivity contribution in [2.75, 3.05) is 33.7 Å². The van der Waals surface area contributed by atoms with E-state index in [4.69, 9.17) is 0 Å². The lowest BCUT2D eigenvalue weighted by atomic mass is 9.84. The summed E-state index contributed by atoms with van der Waals surface area (Å²) < 4.78 is 0. The minimum atomic E-state index is 1.11. The number of anilines is 10. The summed E-state index contributed by atoms with van der Waals surface area (Å²) in [5.74, 6) is 0. The number of benzene rings is 11. The summed E-state index contributed by atoms with van der Waals surface area (Å²) in [4.78, 5) is 9.50. The average molecular weight is 871 g/mol. The lowest BCUT2D eigenvalue weighted by Gasteiger charge is -2.39. The number of rotatable bonds is 6. The van der Waals surface area contributed by atoms with E-state index in [1.807, 2.05) is 0 Å². The van der Waals surface area contributed by atoms with Crippen molar-refractivity contribution in [3.05, 3.63) is 243 Å². The number of nitrogens with zero attached hydrogens (tertiary/aromatic N) is 4. The molecule has 0 fully saturated rings. The molecular weight excluding hydrogens is 825 g/mol. The molecule has 2 aliphatic heterocycles. The van der Waals surface area contributed by atoms with Gasteiger partial charge in [-0.05, 0) is 139 Å². The maximum atomic E-state index is 2.44. The Morgan fingerprint density at radius 2 is 0.485 bits per heavy atom. The van der Waals surface area contributed by atoms with Gasteiger partial charge in [0.25, 0.3) is 0 Å². The van der Waals surface area contributed by atoms with E-state index in [2.05, 4.69) is 276 Å². The van der Waals surface area contributed by atoms with Crippen LogP contribution in [0.4, 0.5) is 56.9 Å². The van der Waals surface area contributed by atoms with Gasteiger partial charge in [0.1, 0.15) is 0 Å². The van der Waals surface area contributed by atoms with Gasteiger partial charge in [-0.15, -0.1) is 0 Å². The SMILES string of the molecule is CN1c2ccccc2N(c2ccc3c(-c4ccc(-c5ccccc5)cc4)c4cc(N5c6ccccc6N(C)c6ccccc65)ccc4c(-c4ccc(-c5ccccc5)cc4)c3c2)c2ccccc21. The summed E-state index contributed by atoms with van der Waals surface area (Å²) in [6, 6.07) is 89.0. The Balaban J connectivity index is 1.11. The molecule has 0 atom stereocenters. The zero-order valence-electron chi connectivity index (χ0n) is 37.9. The molecule has 0 unspecified atom stereocenters. The van der Waals surface area contributed by atoms with Crippen LogP contribution in [0.2, 0.25) is 0 Å². The number of para-hydroxylation sites is 8. The minimum Gasteiger partial charge on any atom is -0.341 e. The third kappa shape index (κ3) is 6.29. The van der Waals surface area contributed by atoms with Gasteiger partial charge in [-0.25, -0.2) is 0 Å². The van der Waals surface area contributed by atoms with Gasteiger partial charge in [-0.2, -0.15) is 0 Å². The second kappa shape index (κ2) is 15.9. The van der Waals surface area contributed by atoms with Crippen LogP contribution in [-0.2, 0) is 0 Å². The highest BCUT2D eigenvalue weighted by atomic mass is 15.3. The Kier molecular flexibility index (Phi) is 9.26. The van der Waals surface area contributed by atoms with E-state index in [9.17, 15) is 0 Å². The summed E-state index contributed by atoms with van der Waals surface area (Å²) in [6.45, 7) is 0. The van der Waals surface area contributed by atoms with Crippen molar-refractivity contribution < 1.29 is 0 Å². The summed E-state index contributed by atoms with van der Waals surface area (Å²) in [5, 5.41) is 4.79. The van der Waals surface area contributed by atoms with Crippen LogP contribution in [-0.4, -0.2) is 14.1 Å². The Morgan fingerprint density at radius 1 is 0.221 bits per heavy atom. The van der Waals surface area contributed by atoms with Crippen LogP contribution < -0.4 is 19.6 Å². The molecule has 0 radical (unpaired) electrons. The van der Waals surface area contributed by atoms with E-state index in [1.165, 1.54) is 88.8 Å². The number of hydrogen-bond acceptors (Lipinski definition) is 4. The van der Waals surface area contributed by atoms with Crippen LogP contribution in [0.1, 0.15) is 0 Å². The van der Waals surface area contributed by atoms with Crippen molar-refractivity contribution in [1.82, 2.24) is 0 Å². The normalized spacial score (nSPS) is 12.7. The third-order valence-corrected chi connectivity index (χ3v) is 14.1. The molecule has 4 nitrogen and oxygen atoms in total. The summed E-state index contributed by atoms with van der Waals surface area (Å²) in [7, 11) is 4.34. The molecule has 0 bridgehead atoms. The first kappa shape index (κ1) is 39.5. The van der Waals surface area contributed by atoms with Gasteiger partial charge in [-0.3, -0.25) is 0 Å². The highest BCUT2D eigenvalue weighted by Gasteiger charge is 2.30. The van der Waals surface area contributed by atoms with E-state index < -0.39 is 0 Å². The highest BCUT2D eigenvalue weighted by molar-refractivity contribution is 6.23. The van der Waals surface area contributed by atoms with Crippen LogP contribution in [0.3, 0.4) is 0 Å². The van der Waals surface area contributed by atoms with Crippen molar-refractivity contribution in [2.24, 2.45) is 0 Å². The van der Waals surface area contributed by atoms with Gasteiger partial charge in [-0.1, -0.05) is 170 Å². The van der Waals surface area contributed by atoms with Crippen molar-refractivity contribution in [1.29, 1.82) is 0 Å². The van der Waals surface area contributed by atoms with Crippen LogP contribution in [0, 0.1) is 0 Å². The summed E-state index contributed by atoms with van der Waals surface area (Å²) >= 11 is 0. The Labute approximate surface area is 397 Å². The smallest absolute Gasteiger partial charge is 0.0699 e. The maximum Gasteiger partial charge on any atom is 0.0699 e. The first-order valence-electron chi connectivity index (χ1n) is 23.4. The second-order valence-electron chi connectivity index (χ2n) is 17.8. The van der Waals surface area contributed by atoms with Crippen molar-refractivity contribution in [3.63, 3.8) is 0 Å². The number of fused-ring (bicyclic) bond motifs is 6. The fourth-order valence-electron chi connectivity index (χ4n) is 10.8. The molecular formula is C64H46N4. The lowest BCUT2D eigenvalue weighted by Crippen LogP contribution is -2.24. The molecule has 2 aliphatic rings. The molecule has 13 rings (SSSR count). The topological polar surface area (TPSA) is 13.0 Å². The molecule has 0 amide bonds. The fourth-order valence-corrected chi connectivity index (χ4v) is 10.8. The molecule has 2 heterocycles. The van der Waals surface area contributed by atoms with Crippen LogP contribution >= 0.6 is 0 Å². The maximum absolute atomic E-state index is 2.44. The molecule has 0 aromatic heterocycles. The molecule has 0 saturated heterocycles. The number of hydrogen-bond donors (Lipinski definition) is 0. The van der Waals surface area contributed by atoms with Gasteiger partial charge >= 0.3 is 0 Å². The first-order chi connectivity index (χ1) is 33.6. The molecule has 0 spiro atoms. The van der Waals surface area contributed by atoms with Gasteiger partial charge in [0.05, 0.1) is 45.5 Å². The van der Waals surface area contributed by atoms with Crippen molar-refractivity contribution in [2.45, 2.75) is 0 Å². The standard InChI is InChI=1S/C64H46N4/c1-65-55-21-9-13-25-59(55)67(60-26-14-10-22-56(60)65)49-37-39-51-53(41-49)63(47-33-29-45(30-34-47)43-17-5-3-6-18-43)52-40-38-50(68-61-27-15-11-23-57(61)66(2)58-24-12-16-28-62(58)68)42-54(52)64(51)48-35-31-46(32-36-48)44-19-7-4-8-20-44/h3-42H,1-2H3. The van der Waals surface area contributed by atoms with E-state index in [0.29, 0.717) is 0 Å². The van der Waals surface area contributed by atoms with Crippen molar-refractivity contribution >= 4 is 78.4 Å². The van der Waals surface area contributed by atoms with Crippen molar-refractivity contribution in [3.8, 4) is 44.5 Å².